The van der Waals surface area contributed by atoms with Gasteiger partial charge in [0.1, 0.15) is 0 Å². The molecule has 0 aliphatic carbocycles. The fraction of sp³-hybridized carbons (Fsp3) is 0. The molecule has 0 amide bonds. The van der Waals surface area contributed by atoms with E-state index in [-0.39, 0.29) is 0 Å². The van der Waals surface area contributed by atoms with E-state index < -0.39 is 7.12 Å². The van der Waals surface area contributed by atoms with E-state index in [0.717, 1.165) is 33.5 Å². The lowest BCUT2D eigenvalue weighted by Gasteiger charge is -2.08. The molecular formula is C24H18BN3O2. The molecule has 3 aromatic carbocycles. The predicted octanol–water partition coefficient (Wildman–Crippen LogP) is 3.41. The highest BCUT2D eigenvalue weighted by Gasteiger charge is 2.16. The van der Waals surface area contributed by atoms with Crippen molar-refractivity contribution in [2.75, 3.05) is 0 Å². The lowest BCUT2D eigenvalue weighted by atomic mass is 9.79. The summed E-state index contributed by atoms with van der Waals surface area (Å²) < 4.78 is 1.79. The molecule has 0 saturated heterocycles. The first-order valence-corrected chi connectivity index (χ1v) is 9.67. The first-order valence-electron chi connectivity index (χ1n) is 9.67. The molecule has 5 aromatic rings. The zero-order valence-electron chi connectivity index (χ0n) is 16.1. The van der Waals surface area contributed by atoms with Gasteiger partial charge in [-0.05, 0) is 22.7 Å². The maximum Gasteiger partial charge on any atom is 0.488 e. The van der Waals surface area contributed by atoms with Crippen LogP contribution in [0, 0.1) is 0 Å². The van der Waals surface area contributed by atoms with Gasteiger partial charge in [0.25, 0.3) is 0 Å². The largest absolute Gasteiger partial charge is 0.488 e. The van der Waals surface area contributed by atoms with Gasteiger partial charge in [-0.2, -0.15) is 0 Å². The molecule has 30 heavy (non-hydrogen) atoms. The third-order valence-corrected chi connectivity index (χ3v) is 5.07. The number of fused-ring (bicyclic) bond motifs is 1. The number of hydrogen-bond donors (Lipinski definition) is 2. The quantitative estimate of drug-likeness (QED) is 0.461. The van der Waals surface area contributed by atoms with Gasteiger partial charge in [-0.1, -0.05) is 84.9 Å². The van der Waals surface area contributed by atoms with Gasteiger partial charge in [-0.15, -0.1) is 5.10 Å². The van der Waals surface area contributed by atoms with Crippen LogP contribution in [0.25, 0.3) is 39.3 Å². The summed E-state index contributed by atoms with van der Waals surface area (Å²) >= 11 is 0. The van der Waals surface area contributed by atoms with E-state index in [0.29, 0.717) is 11.3 Å². The van der Waals surface area contributed by atoms with E-state index in [9.17, 15) is 10.0 Å². The molecule has 144 valence electrons. The summed E-state index contributed by atoms with van der Waals surface area (Å²) in [4.78, 5) is 4.78. The van der Waals surface area contributed by atoms with E-state index in [1.54, 1.807) is 22.7 Å². The Balaban J connectivity index is 1.73. The number of pyridine rings is 1. The van der Waals surface area contributed by atoms with Gasteiger partial charge in [0.2, 0.25) is 0 Å². The molecule has 0 spiro atoms. The Morgan fingerprint density at radius 2 is 1.33 bits per heavy atom. The van der Waals surface area contributed by atoms with Gasteiger partial charge in [0.15, 0.2) is 11.5 Å². The zero-order valence-corrected chi connectivity index (χ0v) is 16.1. The lowest BCUT2D eigenvalue weighted by molar-refractivity contribution is 0.426. The fourth-order valence-corrected chi connectivity index (χ4v) is 3.57. The second-order valence-electron chi connectivity index (χ2n) is 7.08. The van der Waals surface area contributed by atoms with E-state index in [4.69, 9.17) is 10.1 Å². The van der Waals surface area contributed by atoms with Crippen molar-refractivity contribution in [1.29, 1.82) is 0 Å². The van der Waals surface area contributed by atoms with Crippen molar-refractivity contribution < 1.29 is 10.0 Å². The highest BCUT2D eigenvalue weighted by Crippen LogP contribution is 2.30. The van der Waals surface area contributed by atoms with Crippen LogP contribution >= 0.6 is 0 Å². The van der Waals surface area contributed by atoms with Gasteiger partial charge < -0.3 is 10.0 Å². The Morgan fingerprint density at radius 3 is 2.03 bits per heavy atom. The van der Waals surface area contributed by atoms with Crippen molar-refractivity contribution in [1.82, 2.24) is 14.6 Å². The van der Waals surface area contributed by atoms with Crippen LogP contribution in [0.1, 0.15) is 0 Å². The van der Waals surface area contributed by atoms with Gasteiger partial charge in [-0.3, -0.25) is 0 Å². The summed E-state index contributed by atoms with van der Waals surface area (Å²) in [7, 11) is -1.54. The molecule has 6 heteroatoms. The smallest absolute Gasteiger partial charge is 0.423 e. The van der Waals surface area contributed by atoms with Crippen LogP contribution in [0.3, 0.4) is 0 Å². The monoisotopic (exact) mass is 391 g/mol. The van der Waals surface area contributed by atoms with Gasteiger partial charge >= 0.3 is 7.12 Å². The van der Waals surface area contributed by atoms with Crippen molar-refractivity contribution in [2.24, 2.45) is 0 Å². The number of benzene rings is 3. The molecule has 0 radical (unpaired) electrons. The SMILES string of the molecule is OB(O)c1cccc(-c2nc3c(-c4ccccc4)cc(-c4ccccc4)cn3n2)c1. The summed E-state index contributed by atoms with van der Waals surface area (Å²) in [5.74, 6) is 0.528. The second-order valence-corrected chi connectivity index (χ2v) is 7.08. The maximum absolute atomic E-state index is 9.50. The van der Waals surface area contributed by atoms with E-state index >= 15 is 0 Å². The molecule has 0 aliphatic rings. The Morgan fingerprint density at radius 1 is 0.667 bits per heavy atom. The second kappa shape index (κ2) is 7.59. The summed E-state index contributed by atoms with van der Waals surface area (Å²) in [5, 5.41) is 23.7. The Bertz CT molecular complexity index is 1320. The van der Waals surface area contributed by atoms with Crippen LogP contribution < -0.4 is 5.46 Å². The molecule has 0 fully saturated rings. The third kappa shape index (κ3) is 3.39. The first-order chi connectivity index (χ1) is 14.7. The summed E-state index contributed by atoms with van der Waals surface area (Å²) in [6.45, 7) is 0. The lowest BCUT2D eigenvalue weighted by Crippen LogP contribution is -2.29. The van der Waals surface area contributed by atoms with Crippen molar-refractivity contribution in [3.05, 3.63) is 97.2 Å². The van der Waals surface area contributed by atoms with E-state index in [1.165, 1.54) is 0 Å². The summed E-state index contributed by atoms with van der Waals surface area (Å²) in [5.41, 5.74) is 6.04. The summed E-state index contributed by atoms with van der Waals surface area (Å²) in [6.07, 6.45) is 1.97. The Labute approximate surface area is 174 Å². The minimum absolute atomic E-state index is 0.402. The fourth-order valence-electron chi connectivity index (χ4n) is 3.57. The Kier molecular flexibility index (Phi) is 4.63. The van der Waals surface area contributed by atoms with Crippen molar-refractivity contribution in [3.8, 4) is 33.6 Å². The highest BCUT2D eigenvalue weighted by molar-refractivity contribution is 6.58. The molecular weight excluding hydrogens is 373 g/mol. The number of nitrogens with zero attached hydrogens (tertiary/aromatic N) is 3. The number of aromatic nitrogens is 3. The predicted molar refractivity (Wildman–Crippen MR) is 119 cm³/mol. The molecule has 5 nitrogen and oxygen atoms in total. The normalized spacial score (nSPS) is 11.0. The zero-order chi connectivity index (χ0) is 20.5. The standard InChI is InChI=1S/C24H18BN3O2/c29-25(30)21-13-7-12-19(14-21)23-26-24-22(18-10-5-2-6-11-18)15-20(16-28(24)27-23)17-8-3-1-4-9-17/h1-16,29-30H. The molecule has 0 unspecified atom stereocenters. The van der Waals surface area contributed by atoms with Gasteiger partial charge in [0, 0.05) is 22.9 Å². The van der Waals surface area contributed by atoms with Crippen LogP contribution in [-0.4, -0.2) is 31.8 Å². The van der Waals surface area contributed by atoms with Crippen LogP contribution in [-0.2, 0) is 0 Å². The van der Waals surface area contributed by atoms with Crippen molar-refractivity contribution in [3.63, 3.8) is 0 Å². The van der Waals surface area contributed by atoms with Crippen LogP contribution in [0.2, 0.25) is 0 Å². The third-order valence-electron chi connectivity index (χ3n) is 5.07. The van der Waals surface area contributed by atoms with Gasteiger partial charge in [0.05, 0.1) is 0 Å². The molecule has 0 bridgehead atoms. The molecule has 2 heterocycles. The average Bonchev–Trinajstić information content (AvgIpc) is 3.24. The molecule has 5 rings (SSSR count). The molecule has 2 N–H and O–H groups in total. The molecule has 0 atom stereocenters. The minimum Gasteiger partial charge on any atom is -0.423 e. The highest BCUT2D eigenvalue weighted by atomic mass is 16.4. The maximum atomic E-state index is 9.50. The summed E-state index contributed by atoms with van der Waals surface area (Å²) in [6, 6.07) is 29.4. The molecule has 0 aliphatic heterocycles. The van der Waals surface area contributed by atoms with Crippen LogP contribution in [0.15, 0.2) is 97.2 Å². The topological polar surface area (TPSA) is 70.7 Å². The average molecular weight is 391 g/mol. The number of rotatable bonds is 4. The van der Waals surface area contributed by atoms with Crippen molar-refractivity contribution in [2.45, 2.75) is 0 Å². The van der Waals surface area contributed by atoms with Crippen LogP contribution in [0.5, 0.6) is 0 Å². The van der Waals surface area contributed by atoms with Gasteiger partial charge in [-0.25, -0.2) is 9.50 Å². The molecule has 0 saturated carbocycles. The van der Waals surface area contributed by atoms with E-state index in [1.807, 2.05) is 48.7 Å². The first kappa shape index (κ1) is 18.3. The van der Waals surface area contributed by atoms with Crippen molar-refractivity contribution >= 4 is 18.2 Å². The molecule has 2 aromatic heterocycles. The van der Waals surface area contributed by atoms with Crippen LogP contribution in [0.4, 0.5) is 0 Å². The van der Waals surface area contributed by atoms with E-state index in [2.05, 4.69) is 30.3 Å². The minimum atomic E-state index is -1.54. The number of hydrogen-bond acceptors (Lipinski definition) is 4. The Hall–Kier alpha value is -3.74.